The third kappa shape index (κ3) is 5.72. The lowest BCUT2D eigenvalue weighted by atomic mass is 9.87. The monoisotopic (exact) mass is 409 g/mol. The molecule has 30 heavy (non-hydrogen) atoms. The molecule has 0 aliphatic rings. The van der Waals surface area contributed by atoms with Gasteiger partial charge in [0.1, 0.15) is 23.9 Å². The number of hydrogen-bond acceptors (Lipinski definition) is 3. The number of furan rings is 1. The van der Waals surface area contributed by atoms with E-state index >= 15 is 0 Å². The lowest BCUT2D eigenvalue weighted by Crippen LogP contribution is -2.27. The van der Waals surface area contributed by atoms with Crippen LogP contribution in [0.15, 0.2) is 65.1 Å². The molecule has 0 spiro atoms. The first kappa shape index (κ1) is 21.6. The van der Waals surface area contributed by atoms with E-state index in [0.717, 1.165) is 11.3 Å². The molecule has 3 aromatic rings. The molecule has 0 saturated heterocycles. The number of amides is 1. The first-order chi connectivity index (χ1) is 14.2. The van der Waals surface area contributed by atoms with Crippen LogP contribution in [0.3, 0.4) is 0 Å². The summed E-state index contributed by atoms with van der Waals surface area (Å²) in [6.45, 7) is 9.14. The lowest BCUT2D eigenvalue weighted by molar-refractivity contribution is 0.0920. The molecule has 0 fully saturated rings. The van der Waals surface area contributed by atoms with Crippen molar-refractivity contribution in [2.75, 3.05) is 6.54 Å². The highest BCUT2D eigenvalue weighted by Crippen LogP contribution is 2.24. The van der Waals surface area contributed by atoms with Gasteiger partial charge < -0.3 is 14.5 Å². The molecule has 1 aromatic heterocycles. The Morgan fingerprint density at radius 1 is 1.03 bits per heavy atom. The molecule has 1 atom stereocenters. The maximum absolute atomic E-state index is 13.0. The van der Waals surface area contributed by atoms with E-state index in [1.165, 1.54) is 17.7 Å². The van der Waals surface area contributed by atoms with Crippen molar-refractivity contribution in [1.29, 1.82) is 0 Å². The van der Waals surface area contributed by atoms with Crippen molar-refractivity contribution in [3.8, 4) is 5.75 Å². The van der Waals surface area contributed by atoms with E-state index < -0.39 is 0 Å². The Hall–Kier alpha value is -3.08. The number of ether oxygens (including phenoxy) is 1. The van der Waals surface area contributed by atoms with E-state index in [1.54, 1.807) is 24.3 Å². The molecular weight excluding hydrogens is 381 g/mol. The zero-order valence-electron chi connectivity index (χ0n) is 17.9. The van der Waals surface area contributed by atoms with E-state index in [4.69, 9.17) is 9.15 Å². The molecule has 1 unspecified atom stereocenters. The molecule has 0 bridgehead atoms. The molecule has 0 saturated carbocycles. The van der Waals surface area contributed by atoms with Crippen LogP contribution < -0.4 is 10.1 Å². The molecule has 4 nitrogen and oxygen atoms in total. The molecule has 5 heteroatoms. The Balaban J connectivity index is 1.50. The van der Waals surface area contributed by atoms with Gasteiger partial charge in [-0.3, -0.25) is 4.79 Å². The van der Waals surface area contributed by atoms with Crippen LogP contribution in [0, 0.1) is 5.82 Å². The summed E-state index contributed by atoms with van der Waals surface area (Å²) in [6.07, 6.45) is 0. The predicted molar refractivity (Wildman–Crippen MR) is 115 cm³/mol. The highest BCUT2D eigenvalue weighted by molar-refractivity contribution is 5.91. The number of hydrogen-bond donors (Lipinski definition) is 1. The zero-order valence-corrected chi connectivity index (χ0v) is 17.9. The first-order valence-electron chi connectivity index (χ1n) is 10.1. The third-order valence-corrected chi connectivity index (χ3v) is 4.99. The molecule has 158 valence electrons. The highest BCUT2D eigenvalue weighted by Gasteiger charge is 2.15. The summed E-state index contributed by atoms with van der Waals surface area (Å²) in [5.74, 6) is 1.06. The van der Waals surface area contributed by atoms with Gasteiger partial charge in [-0.2, -0.15) is 0 Å². The van der Waals surface area contributed by atoms with Crippen LogP contribution in [-0.2, 0) is 12.0 Å². The fraction of sp³-hybridized carbons (Fsp3) is 0.320. The minimum Gasteiger partial charge on any atom is -0.486 e. The van der Waals surface area contributed by atoms with E-state index in [1.807, 2.05) is 19.1 Å². The summed E-state index contributed by atoms with van der Waals surface area (Å²) in [5, 5.41) is 2.85. The summed E-state index contributed by atoms with van der Waals surface area (Å²) in [5.41, 5.74) is 2.29. The quantitative estimate of drug-likeness (QED) is 0.534. The standard InChI is InChI=1S/C25H28FNO3/c1-17(18-5-9-20(26)10-6-18)15-27-24(28)23-14-13-22(30-23)16-29-21-11-7-19(8-12-21)25(2,3)4/h5-14,17H,15-16H2,1-4H3,(H,27,28). The van der Waals surface area contributed by atoms with Crippen LogP contribution in [0.1, 0.15) is 61.1 Å². The molecule has 0 aliphatic carbocycles. The van der Waals surface area contributed by atoms with Gasteiger partial charge >= 0.3 is 0 Å². The molecule has 0 radical (unpaired) electrons. The van der Waals surface area contributed by atoms with Crippen molar-refractivity contribution in [2.45, 2.75) is 45.6 Å². The van der Waals surface area contributed by atoms with Crippen LogP contribution in [-0.4, -0.2) is 12.5 Å². The van der Waals surface area contributed by atoms with Gasteiger partial charge in [0.05, 0.1) is 0 Å². The number of rotatable bonds is 7. The van der Waals surface area contributed by atoms with Gasteiger partial charge in [0, 0.05) is 6.54 Å². The molecule has 1 heterocycles. The molecule has 1 N–H and O–H groups in total. The number of carbonyl (C=O) groups is 1. The second-order valence-corrected chi connectivity index (χ2v) is 8.49. The van der Waals surface area contributed by atoms with E-state index in [2.05, 4.69) is 38.2 Å². The Morgan fingerprint density at radius 2 is 1.70 bits per heavy atom. The van der Waals surface area contributed by atoms with Crippen LogP contribution in [0.4, 0.5) is 4.39 Å². The van der Waals surface area contributed by atoms with Crippen molar-refractivity contribution in [1.82, 2.24) is 5.32 Å². The van der Waals surface area contributed by atoms with Gasteiger partial charge in [-0.1, -0.05) is 52.0 Å². The van der Waals surface area contributed by atoms with Crippen molar-refractivity contribution < 1.29 is 18.3 Å². The number of nitrogens with one attached hydrogen (secondary N) is 1. The topological polar surface area (TPSA) is 51.5 Å². The van der Waals surface area contributed by atoms with Crippen molar-refractivity contribution in [3.63, 3.8) is 0 Å². The van der Waals surface area contributed by atoms with Gasteiger partial charge in [0.15, 0.2) is 5.76 Å². The third-order valence-electron chi connectivity index (χ3n) is 4.99. The fourth-order valence-corrected chi connectivity index (χ4v) is 3.03. The van der Waals surface area contributed by atoms with Crippen LogP contribution in [0.2, 0.25) is 0 Å². The molecular formula is C25H28FNO3. The maximum Gasteiger partial charge on any atom is 0.287 e. The largest absolute Gasteiger partial charge is 0.486 e. The van der Waals surface area contributed by atoms with Crippen LogP contribution in [0.25, 0.3) is 0 Å². The summed E-state index contributed by atoms with van der Waals surface area (Å²) in [7, 11) is 0. The van der Waals surface area contributed by atoms with E-state index in [0.29, 0.717) is 12.3 Å². The normalized spacial score (nSPS) is 12.4. The second kappa shape index (κ2) is 9.16. The highest BCUT2D eigenvalue weighted by atomic mass is 19.1. The summed E-state index contributed by atoms with van der Waals surface area (Å²) < 4.78 is 24.4. The summed E-state index contributed by atoms with van der Waals surface area (Å²) in [6, 6.07) is 17.7. The Bertz CT molecular complexity index is 969. The van der Waals surface area contributed by atoms with Gasteiger partial charge in [-0.15, -0.1) is 0 Å². The predicted octanol–water partition coefficient (Wildman–Crippen LogP) is 5.83. The summed E-state index contributed by atoms with van der Waals surface area (Å²) >= 11 is 0. The van der Waals surface area contributed by atoms with Gasteiger partial charge in [0.25, 0.3) is 5.91 Å². The van der Waals surface area contributed by atoms with Gasteiger partial charge in [-0.25, -0.2) is 4.39 Å². The lowest BCUT2D eigenvalue weighted by Gasteiger charge is -2.19. The minimum atomic E-state index is -0.287. The number of benzene rings is 2. The minimum absolute atomic E-state index is 0.0587. The summed E-state index contributed by atoms with van der Waals surface area (Å²) in [4.78, 5) is 12.3. The SMILES string of the molecule is CC(CNC(=O)c1ccc(COc2ccc(C(C)(C)C)cc2)o1)c1ccc(F)cc1. The van der Waals surface area contributed by atoms with Crippen molar-refractivity contribution >= 4 is 5.91 Å². The van der Waals surface area contributed by atoms with Crippen LogP contribution in [0.5, 0.6) is 5.75 Å². The second-order valence-electron chi connectivity index (χ2n) is 8.49. The molecule has 3 rings (SSSR count). The number of halogens is 1. The molecule has 0 aliphatic heterocycles. The fourth-order valence-electron chi connectivity index (χ4n) is 3.03. The average molecular weight is 410 g/mol. The Kier molecular flexibility index (Phi) is 6.60. The van der Waals surface area contributed by atoms with E-state index in [9.17, 15) is 9.18 Å². The van der Waals surface area contributed by atoms with Crippen molar-refractivity contribution in [2.24, 2.45) is 0 Å². The average Bonchev–Trinajstić information content (AvgIpc) is 3.19. The smallest absolute Gasteiger partial charge is 0.287 e. The van der Waals surface area contributed by atoms with Gasteiger partial charge in [0.2, 0.25) is 0 Å². The molecule has 2 aromatic carbocycles. The Morgan fingerprint density at radius 3 is 2.33 bits per heavy atom. The molecule has 1 amide bonds. The maximum atomic E-state index is 13.0. The van der Waals surface area contributed by atoms with E-state index in [-0.39, 0.29) is 35.4 Å². The Labute approximate surface area is 177 Å². The van der Waals surface area contributed by atoms with Gasteiger partial charge in [-0.05, 0) is 58.9 Å². The van der Waals surface area contributed by atoms with Crippen molar-refractivity contribution in [3.05, 3.63) is 89.1 Å². The first-order valence-corrected chi connectivity index (χ1v) is 10.1. The van der Waals surface area contributed by atoms with Crippen LogP contribution >= 0.6 is 0 Å². The number of carbonyl (C=O) groups excluding carboxylic acids is 1. The zero-order chi connectivity index (χ0) is 21.7.